The van der Waals surface area contributed by atoms with Crippen LogP contribution >= 0.6 is 38.5 Å². The van der Waals surface area contributed by atoms with Crippen molar-refractivity contribution in [2.75, 3.05) is 0 Å². The van der Waals surface area contributed by atoms with Gasteiger partial charge in [-0.05, 0) is 62.8 Å². The summed E-state index contributed by atoms with van der Waals surface area (Å²) in [5, 5.41) is 2.56. The molecule has 0 unspecified atom stereocenters. The molecule has 3 heteroatoms. The molecule has 1 heterocycles. The fourth-order valence-corrected chi connectivity index (χ4v) is 3.80. The fourth-order valence-electron chi connectivity index (χ4n) is 2.84. The van der Waals surface area contributed by atoms with Crippen molar-refractivity contribution in [1.82, 2.24) is 4.57 Å². The minimum Gasteiger partial charge on any atom is -0.308 e. The Morgan fingerprint density at radius 3 is 2.29 bits per heavy atom. The predicted octanol–water partition coefficient (Wildman–Crippen LogP) is 6.15. The molecule has 4 rings (SSSR count). The fraction of sp³-hybridized carbons (Fsp3) is 0. The largest absolute Gasteiger partial charge is 0.308 e. The zero-order valence-electron chi connectivity index (χ0n) is 11.1. The number of benzene rings is 3. The molecule has 21 heavy (non-hydrogen) atoms. The van der Waals surface area contributed by atoms with Crippen molar-refractivity contribution in [3.8, 4) is 5.69 Å². The molecule has 1 aromatic heterocycles. The maximum absolute atomic E-state index is 3.78. The summed E-state index contributed by atoms with van der Waals surface area (Å²) in [4.78, 5) is 0. The van der Waals surface area contributed by atoms with E-state index in [-0.39, 0.29) is 0 Å². The molecule has 1 nitrogen and oxygen atoms in total. The molecule has 0 spiro atoms. The molecule has 0 saturated heterocycles. The van der Waals surface area contributed by atoms with E-state index >= 15 is 0 Å². The highest BCUT2D eigenvalue weighted by Gasteiger charge is 2.15. The summed E-state index contributed by atoms with van der Waals surface area (Å²) in [7, 11) is 0. The standard InChI is InChI=1S/C18H11BrIN/c19-17-15(20)11-10-14-13-8-4-5-9-16(13)21(18(14)17)12-6-2-1-3-7-12/h1-11H. The van der Waals surface area contributed by atoms with E-state index in [9.17, 15) is 0 Å². The van der Waals surface area contributed by atoms with E-state index < -0.39 is 0 Å². The monoisotopic (exact) mass is 447 g/mol. The molecular weight excluding hydrogens is 437 g/mol. The van der Waals surface area contributed by atoms with Crippen molar-refractivity contribution < 1.29 is 0 Å². The molecule has 0 bridgehead atoms. The highest BCUT2D eigenvalue weighted by Crippen LogP contribution is 2.37. The van der Waals surface area contributed by atoms with Gasteiger partial charge < -0.3 is 4.57 Å². The number of nitrogens with zero attached hydrogens (tertiary/aromatic N) is 1. The molecule has 4 aromatic rings. The van der Waals surface area contributed by atoms with Crippen molar-refractivity contribution in [3.63, 3.8) is 0 Å². The molecule has 0 saturated carbocycles. The summed E-state index contributed by atoms with van der Waals surface area (Å²) in [5.74, 6) is 0. The van der Waals surface area contributed by atoms with Crippen molar-refractivity contribution in [1.29, 1.82) is 0 Å². The van der Waals surface area contributed by atoms with Gasteiger partial charge in [0.25, 0.3) is 0 Å². The molecule has 0 aliphatic carbocycles. The minimum atomic E-state index is 1.15. The van der Waals surface area contributed by atoms with E-state index in [4.69, 9.17) is 0 Å². The molecule has 0 atom stereocenters. The van der Waals surface area contributed by atoms with Crippen LogP contribution in [0.5, 0.6) is 0 Å². The normalized spacial score (nSPS) is 11.3. The summed E-state index contributed by atoms with van der Waals surface area (Å²) in [6, 6.07) is 23.5. The lowest BCUT2D eigenvalue weighted by Crippen LogP contribution is -1.94. The third kappa shape index (κ3) is 2.02. The van der Waals surface area contributed by atoms with E-state index in [1.165, 1.54) is 31.1 Å². The van der Waals surface area contributed by atoms with Crippen molar-refractivity contribution in [2.45, 2.75) is 0 Å². The first kappa shape index (κ1) is 13.3. The Bertz CT molecular complexity index is 957. The quantitative estimate of drug-likeness (QED) is 0.308. The van der Waals surface area contributed by atoms with E-state index in [1.807, 2.05) is 0 Å². The molecule has 0 fully saturated rings. The second-order valence-electron chi connectivity index (χ2n) is 4.95. The lowest BCUT2D eigenvalue weighted by molar-refractivity contribution is 1.17. The highest BCUT2D eigenvalue weighted by molar-refractivity contribution is 14.1. The topological polar surface area (TPSA) is 4.93 Å². The van der Waals surface area contributed by atoms with Crippen molar-refractivity contribution in [3.05, 3.63) is 74.8 Å². The Morgan fingerprint density at radius 2 is 1.48 bits per heavy atom. The van der Waals surface area contributed by atoms with E-state index in [1.54, 1.807) is 0 Å². The maximum Gasteiger partial charge on any atom is 0.0693 e. The van der Waals surface area contributed by atoms with Crippen LogP contribution < -0.4 is 0 Å². The Labute approximate surface area is 144 Å². The Kier molecular flexibility index (Phi) is 3.27. The van der Waals surface area contributed by atoms with Gasteiger partial charge in [-0.25, -0.2) is 0 Å². The zero-order valence-corrected chi connectivity index (χ0v) is 14.8. The van der Waals surface area contributed by atoms with Gasteiger partial charge in [0.15, 0.2) is 0 Å². The number of hydrogen-bond acceptors (Lipinski definition) is 0. The van der Waals surface area contributed by atoms with Gasteiger partial charge in [-0.2, -0.15) is 0 Å². The van der Waals surface area contributed by atoms with E-state index in [0.717, 1.165) is 4.47 Å². The number of halogens is 2. The number of para-hydroxylation sites is 2. The molecule has 0 aliphatic heterocycles. The minimum absolute atomic E-state index is 1.15. The van der Waals surface area contributed by atoms with Gasteiger partial charge in [0.1, 0.15) is 0 Å². The maximum atomic E-state index is 3.78. The van der Waals surface area contributed by atoms with Gasteiger partial charge in [-0.15, -0.1) is 0 Å². The van der Waals surface area contributed by atoms with Crippen LogP contribution in [0, 0.1) is 3.57 Å². The summed E-state index contributed by atoms with van der Waals surface area (Å²) >= 11 is 6.15. The molecule has 3 aromatic carbocycles. The summed E-state index contributed by atoms with van der Waals surface area (Å²) in [6.45, 7) is 0. The Hall–Kier alpha value is -1.33. The van der Waals surface area contributed by atoms with Crippen LogP contribution in [-0.4, -0.2) is 4.57 Å². The second-order valence-corrected chi connectivity index (χ2v) is 6.90. The van der Waals surface area contributed by atoms with Gasteiger partial charge in [0, 0.05) is 20.0 Å². The van der Waals surface area contributed by atoms with E-state index in [0.29, 0.717) is 0 Å². The third-order valence-electron chi connectivity index (χ3n) is 3.74. The second kappa shape index (κ2) is 5.14. The van der Waals surface area contributed by atoms with Crippen LogP contribution in [0.25, 0.3) is 27.5 Å². The van der Waals surface area contributed by atoms with Crippen LogP contribution in [-0.2, 0) is 0 Å². The van der Waals surface area contributed by atoms with Crippen LogP contribution in [0.2, 0.25) is 0 Å². The average Bonchev–Trinajstić information content (AvgIpc) is 2.87. The van der Waals surface area contributed by atoms with Crippen molar-refractivity contribution in [2.24, 2.45) is 0 Å². The highest BCUT2D eigenvalue weighted by atomic mass is 127. The average molecular weight is 448 g/mol. The molecule has 102 valence electrons. The first-order valence-corrected chi connectivity index (χ1v) is 8.57. The van der Waals surface area contributed by atoms with Crippen molar-refractivity contribution >= 4 is 60.3 Å². The van der Waals surface area contributed by atoms with Gasteiger partial charge in [-0.3, -0.25) is 0 Å². The Balaban J connectivity index is 2.28. The lowest BCUT2D eigenvalue weighted by atomic mass is 10.2. The van der Waals surface area contributed by atoms with Crippen LogP contribution in [0.1, 0.15) is 0 Å². The first-order chi connectivity index (χ1) is 10.3. The molecule has 0 amide bonds. The first-order valence-electron chi connectivity index (χ1n) is 6.70. The number of rotatable bonds is 1. The van der Waals surface area contributed by atoms with Crippen LogP contribution in [0.15, 0.2) is 71.2 Å². The van der Waals surface area contributed by atoms with Gasteiger partial charge in [-0.1, -0.05) is 42.5 Å². The number of aromatic nitrogens is 1. The van der Waals surface area contributed by atoms with Crippen LogP contribution in [0.4, 0.5) is 0 Å². The van der Waals surface area contributed by atoms with Gasteiger partial charge in [0.05, 0.1) is 15.5 Å². The third-order valence-corrected chi connectivity index (χ3v) is 6.19. The van der Waals surface area contributed by atoms with Gasteiger partial charge in [0.2, 0.25) is 0 Å². The predicted molar refractivity (Wildman–Crippen MR) is 101 cm³/mol. The van der Waals surface area contributed by atoms with E-state index in [2.05, 4.69) is 110 Å². The molecular formula is C18H11BrIN. The number of hydrogen-bond donors (Lipinski definition) is 0. The summed E-state index contributed by atoms with van der Waals surface area (Å²) < 4.78 is 4.71. The number of fused-ring (bicyclic) bond motifs is 3. The van der Waals surface area contributed by atoms with Crippen LogP contribution in [0.3, 0.4) is 0 Å². The Morgan fingerprint density at radius 1 is 0.762 bits per heavy atom. The zero-order chi connectivity index (χ0) is 14.4. The lowest BCUT2D eigenvalue weighted by Gasteiger charge is -2.09. The van der Waals surface area contributed by atoms with Gasteiger partial charge >= 0.3 is 0 Å². The summed E-state index contributed by atoms with van der Waals surface area (Å²) in [5.41, 5.74) is 3.65. The summed E-state index contributed by atoms with van der Waals surface area (Å²) in [6.07, 6.45) is 0. The SMILES string of the molecule is Brc1c(I)ccc2c3ccccc3n(-c3ccccc3)c12. The molecule has 0 radical (unpaired) electrons. The molecule has 0 aliphatic rings. The smallest absolute Gasteiger partial charge is 0.0693 e. The molecule has 0 N–H and O–H groups in total.